The Kier molecular flexibility index (Phi) is 4.56. The molecule has 0 aliphatic carbocycles. The molecule has 1 aliphatic rings. The molecule has 0 aromatic carbocycles. The second kappa shape index (κ2) is 5.96. The number of β-amino-alcohol motifs (C(OH)–C–C–N with tert-alkyl or cyclic N) is 1. The molecule has 1 N–H and O–H groups in total. The third-order valence-corrected chi connectivity index (χ3v) is 4.22. The molecule has 3 atom stereocenters. The molecule has 0 spiro atoms. The Bertz CT molecular complexity index is 328. The zero-order chi connectivity index (χ0) is 12.3. The van der Waals surface area contributed by atoms with Crippen LogP contribution in [0.2, 0.25) is 0 Å². The smallest absolute Gasteiger partial charge is 0.0900 e. The zero-order valence-corrected chi connectivity index (χ0v) is 11.3. The minimum atomic E-state index is -0.372. The van der Waals surface area contributed by atoms with Gasteiger partial charge in [-0.05, 0) is 41.7 Å². The quantitative estimate of drug-likeness (QED) is 0.872. The normalized spacial score (nSPS) is 27.5. The van der Waals surface area contributed by atoms with Gasteiger partial charge in [0.1, 0.15) is 0 Å². The summed E-state index contributed by atoms with van der Waals surface area (Å²) in [5, 5.41) is 14.2. The monoisotopic (exact) mass is 255 g/mol. The number of methoxy groups -OCH3 is 1. The molecule has 1 saturated heterocycles. The van der Waals surface area contributed by atoms with Gasteiger partial charge in [-0.2, -0.15) is 11.3 Å². The third kappa shape index (κ3) is 3.28. The molecule has 0 saturated carbocycles. The van der Waals surface area contributed by atoms with Crippen molar-refractivity contribution in [3.63, 3.8) is 0 Å². The molecular weight excluding hydrogens is 234 g/mol. The van der Waals surface area contributed by atoms with E-state index in [9.17, 15) is 5.11 Å². The number of hydrogen-bond donors (Lipinski definition) is 1. The summed E-state index contributed by atoms with van der Waals surface area (Å²) in [5.74, 6) is 0.631. The van der Waals surface area contributed by atoms with E-state index in [0.717, 1.165) is 13.1 Å². The maximum absolute atomic E-state index is 9.78. The van der Waals surface area contributed by atoms with Crippen molar-refractivity contribution in [3.05, 3.63) is 22.4 Å². The molecule has 1 aliphatic heterocycles. The average Bonchev–Trinajstić information content (AvgIpc) is 2.89. The molecule has 2 heterocycles. The molecule has 96 valence electrons. The van der Waals surface area contributed by atoms with Crippen molar-refractivity contribution in [1.29, 1.82) is 0 Å². The molecule has 1 aromatic rings. The van der Waals surface area contributed by atoms with Crippen LogP contribution in [0.3, 0.4) is 0 Å². The zero-order valence-electron chi connectivity index (χ0n) is 10.5. The Balaban J connectivity index is 1.89. The Hall–Kier alpha value is -0.420. The van der Waals surface area contributed by atoms with Crippen LogP contribution in [0.4, 0.5) is 0 Å². The molecule has 17 heavy (non-hydrogen) atoms. The second-order valence-electron chi connectivity index (χ2n) is 4.90. The summed E-state index contributed by atoms with van der Waals surface area (Å²) in [4.78, 5) is 2.37. The van der Waals surface area contributed by atoms with E-state index in [4.69, 9.17) is 4.74 Å². The summed E-state index contributed by atoms with van der Waals surface area (Å²) < 4.78 is 4.97. The van der Waals surface area contributed by atoms with E-state index in [2.05, 4.69) is 28.7 Å². The van der Waals surface area contributed by atoms with Gasteiger partial charge in [-0.25, -0.2) is 0 Å². The van der Waals surface area contributed by atoms with Crippen LogP contribution in [0.5, 0.6) is 0 Å². The summed E-state index contributed by atoms with van der Waals surface area (Å²) in [7, 11) is 1.63. The fourth-order valence-corrected chi connectivity index (χ4v) is 3.36. The van der Waals surface area contributed by atoms with Crippen LogP contribution in [-0.4, -0.2) is 49.0 Å². The van der Waals surface area contributed by atoms with Crippen molar-refractivity contribution in [2.75, 3.05) is 26.8 Å². The minimum absolute atomic E-state index is 0.372. The Morgan fingerprint density at radius 2 is 2.47 bits per heavy atom. The molecule has 3 nitrogen and oxygen atoms in total. The van der Waals surface area contributed by atoms with E-state index in [-0.39, 0.29) is 6.10 Å². The topological polar surface area (TPSA) is 32.7 Å². The van der Waals surface area contributed by atoms with Gasteiger partial charge in [0.15, 0.2) is 0 Å². The summed E-state index contributed by atoms with van der Waals surface area (Å²) in [6.07, 6.45) is 0.819. The third-order valence-electron chi connectivity index (χ3n) is 3.52. The highest BCUT2D eigenvalue weighted by Crippen LogP contribution is 2.32. The fraction of sp³-hybridized carbons (Fsp3) is 0.692. The Labute approximate surface area is 107 Å². The number of hydrogen-bond acceptors (Lipinski definition) is 4. The van der Waals surface area contributed by atoms with Crippen molar-refractivity contribution in [2.24, 2.45) is 0 Å². The lowest BCUT2D eigenvalue weighted by Gasteiger charge is -2.23. The number of rotatable bonds is 5. The van der Waals surface area contributed by atoms with E-state index in [1.165, 1.54) is 12.0 Å². The van der Waals surface area contributed by atoms with Crippen LogP contribution in [-0.2, 0) is 4.74 Å². The highest BCUT2D eigenvalue weighted by molar-refractivity contribution is 7.07. The van der Waals surface area contributed by atoms with Crippen molar-refractivity contribution in [1.82, 2.24) is 4.90 Å². The molecule has 0 amide bonds. The molecule has 1 aromatic heterocycles. The maximum Gasteiger partial charge on any atom is 0.0900 e. The first-order chi connectivity index (χ1) is 8.20. The molecule has 0 unspecified atom stereocenters. The van der Waals surface area contributed by atoms with Crippen molar-refractivity contribution < 1.29 is 9.84 Å². The molecule has 0 radical (unpaired) electrons. The van der Waals surface area contributed by atoms with Gasteiger partial charge >= 0.3 is 0 Å². The van der Waals surface area contributed by atoms with E-state index < -0.39 is 0 Å². The van der Waals surface area contributed by atoms with Gasteiger partial charge in [0.05, 0.1) is 12.7 Å². The van der Waals surface area contributed by atoms with Crippen molar-refractivity contribution in [3.8, 4) is 0 Å². The minimum Gasteiger partial charge on any atom is -0.389 e. The van der Waals surface area contributed by atoms with Gasteiger partial charge < -0.3 is 9.84 Å². The summed E-state index contributed by atoms with van der Waals surface area (Å²) >= 11 is 1.76. The van der Waals surface area contributed by atoms with Gasteiger partial charge in [-0.3, -0.25) is 4.90 Å². The molecule has 4 heteroatoms. The number of thiophene rings is 1. The fourth-order valence-electron chi connectivity index (χ4n) is 2.62. The molecule has 2 rings (SSSR count). The first-order valence-electron chi connectivity index (χ1n) is 6.14. The van der Waals surface area contributed by atoms with Crippen LogP contribution in [0, 0.1) is 0 Å². The largest absolute Gasteiger partial charge is 0.389 e. The van der Waals surface area contributed by atoms with Crippen molar-refractivity contribution in [2.45, 2.75) is 31.4 Å². The highest BCUT2D eigenvalue weighted by atomic mass is 32.1. The standard InChI is InChI=1S/C13H21NO2S/c1-10-5-12(11-3-4-17-9-11)6-14(10)7-13(15)8-16-2/h3-4,9-10,12-13,15H,5-8H2,1-2H3/t10-,12-,13+/m1/s1. The lowest BCUT2D eigenvalue weighted by atomic mass is 10.00. The number of likely N-dealkylation sites (tertiary alicyclic amines) is 1. The van der Waals surface area contributed by atoms with Gasteiger partial charge in [-0.15, -0.1) is 0 Å². The van der Waals surface area contributed by atoms with E-state index in [1.807, 2.05) is 0 Å². The second-order valence-corrected chi connectivity index (χ2v) is 5.68. The lowest BCUT2D eigenvalue weighted by Crippen LogP contribution is -2.36. The predicted molar refractivity (Wildman–Crippen MR) is 70.6 cm³/mol. The number of ether oxygens (including phenoxy) is 1. The SMILES string of the molecule is COC[C@@H](O)CN1C[C@H](c2ccsc2)C[C@H]1C. The average molecular weight is 255 g/mol. The Morgan fingerprint density at radius 1 is 1.65 bits per heavy atom. The first-order valence-corrected chi connectivity index (χ1v) is 7.08. The van der Waals surface area contributed by atoms with Gasteiger partial charge in [0, 0.05) is 26.2 Å². The predicted octanol–water partition coefficient (Wildman–Crippen LogP) is 1.93. The van der Waals surface area contributed by atoms with Crippen LogP contribution in [0.15, 0.2) is 16.8 Å². The van der Waals surface area contributed by atoms with E-state index >= 15 is 0 Å². The Morgan fingerprint density at radius 3 is 3.12 bits per heavy atom. The van der Waals surface area contributed by atoms with Crippen LogP contribution in [0.25, 0.3) is 0 Å². The van der Waals surface area contributed by atoms with E-state index in [1.54, 1.807) is 18.4 Å². The van der Waals surface area contributed by atoms with Crippen LogP contribution < -0.4 is 0 Å². The molecule has 0 bridgehead atoms. The first kappa shape index (κ1) is 13.0. The van der Waals surface area contributed by atoms with Crippen LogP contribution >= 0.6 is 11.3 Å². The van der Waals surface area contributed by atoms with Gasteiger partial charge in [0.2, 0.25) is 0 Å². The van der Waals surface area contributed by atoms with Crippen molar-refractivity contribution >= 4 is 11.3 Å². The summed E-state index contributed by atoms with van der Waals surface area (Å²) in [6.45, 7) is 4.44. The lowest BCUT2D eigenvalue weighted by molar-refractivity contribution is 0.0360. The van der Waals surface area contributed by atoms with Gasteiger partial charge in [0.25, 0.3) is 0 Å². The number of aliphatic hydroxyl groups excluding tert-OH is 1. The maximum atomic E-state index is 9.78. The number of aliphatic hydroxyl groups is 1. The van der Waals surface area contributed by atoms with E-state index in [0.29, 0.717) is 18.6 Å². The summed E-state index contributed by atoms with van der Waals surface area (Å²) in [5.41, 5.74) is 1.45. The summed E-state index contributed by atoms with van der Waals surface area (Å²) in [6, 6.07) is 2.77. The van der Waals surface area contributed by atoms with Gasteiger partial charge in [-0.1, -0.05) is 0 Å². The highest BCUT2D eigenvalue weighted by Gasteiger charge is 2.31. The van der Waals surface area contributed by atoms with Crippen LogP contribution in [0.1, 0.15) is 24.8 Å². The molecular formula is C13H21NO2S. The number of nitrogens with zero attached hydrogens (tertiary/aromatic N) is 1. The molecule has 1 fully saturated rings.